The fraction of sp³-hybridized carbons (Fsp3) is 0.389. The molecular weight excluding hydrogens is 334 g/mol. The first-order valence-corrected chi connectivity index (χ1v) is 9.29. The quantitative estimate of drug-likeness (QED) is 0.892. The highest BCUT2D eigenvalue weighted by atomic mass is 32.1. The Hall–Kier alpha value is -2.43. The number of carbonyl (C=O) groups is 1. The second-order valence-corrected chi connectivity index (χ2v) is 6.86. The lowest BCUT2D eigenvalue weighted by Crippen LogP contribution is -2.32. The molecule has 0 radical (unpaired) electrons. The number of aromatic nitrogens is 1. The van der Waals surface area contributed by atoms with E-state index in [-0.39, 0.29) is 5.91 Å². The van der Waals surface area contributed by atoms with Crippen LogP contribution < -0.4 is 10.2 Å². The van der Waals surface area contributed by atoms with Gasteiger partial charge < -0.3 is 15.1 Å². The van der Waals surface area contributed by atoms with Gasteiger partial charge in [-0.3, -0.25) is 4.79 Å². The van der Waals surface area contributed by atoms with E-state index in [2.05, 4.69) is 26.2 Å². The van der Waals surface area contributed by atoms with Crippen molar-refractivity contribution in [3.05, 3.63) is 41.4 Å². The number of hydrogen-bond donors (Lipinski definition) is 1. The number of nitrogens with one attached hydrogen (secondary N) is 1. The van der Waals surface area contributed by atoms with Crippen LogP contribution in [0.15, 0.2) is 35.8 Å². The van der Waals surface area contributed by atoms with E-state index in [4.69, 9.17) is 5.26 Å². The van der Waals surface area contributed by atoms with Gasteiger partial charge >= 0.3 is 0 Å². The van der Waals surface area contributed by atoms with Crippen molar-refractivity contribution >= 4 is 28.1 Å². The normalized spacial score (nSPS) is 15.4. The Bertz CT molecular complexity index is 723. The van der Waals surface area contributed by atoms with Gasteiger partial charge in [0.15, 0.2) is 5.13 Å². The van der Waals surface area contributed by atoms with E-state index in [0.717, 1.165) is 50.0 Å². The van der Waals surface area contributed by atoms with Crippen molar-refractivity contribution in [1.82, 2.24) is 9.88 Å². The van der Waals surface area contributed by atoms with Crippen LogP contribution >= 0.6 is 11.3 Å². The average molecular weight is 355 g/mol. The zero-order chi connectivity index (χ0) is 17.5. The van der Waals surface area contributed by atoms with Gasteiger partial charge in [0.1, 0.15) is 0 Å². The molecule has 1 aliphatic rings. The van der Waals surface area contributed by atoms with Crippen LogP contribution in [0.1, 0.15) is 18.4 Å². The first kappa shape index (κ1) is 17.4. The lowest BCUT2D eigenvalue weighted by atomic mass is 10.2. The molecule has 2 heterocycles. The number of amides is 1. The molecule has 130 valence electrons. The Morgan fingerprint density at radius 3 is 2.80 bits per heavy atom. The van der Waals surface area contributed by atoms with Gasteiger partial charge in [-0.15, -0.1) is 11.3 Å². The molecule has 0 bridgehead atoms. The lowest BCUT2D eigenvalue weighted by molar-refractivity contribution is -0.116. The van der Waals surface area contributed by atoms with Gasteiger partial charge in [0.25, 0.3) is 0 Å². The Morgan fingerprint density at radius 2 is 2.08 bits per heavy atom. The van der Waals surface area contributed by atoms with Gasteiger partial charge in [-0.2, -0.15) is 5.26 Å². The molecule has 1 amide bonds. The Labute approximate surface area is 151 Å². The Kier molecular flexibility index (Phi) is 5.99. The first-order valence-electron chi connectivity index (χ1n) is 8.41. The summed E-state index contributed by atoms with van der Waals surface area (Å²) < 4.78 is 0. The molecule has 0 spiro atoms. The summed E-state index contributed by atoms with van der Waals surface area (Å²) in [5, 5.41) is 14.8. The average Bonchev–Trinajstić information content (AvgIpc) is 3.07. The number of thiazole rings is 1. The molecule has 0 saturated carbocycles. The van der Waals surface area contributed by atoms with Gasteiger partial charge in [0.2, 0.25) is 5.91 Å². The van der Waals surface area contributed by atoms with Crippen molar-refractivity contribution in [3.8, 4) is 6.07 Å². The van der Waals surface area contributed by atoms with Crippen LogP contribution in [0.5, 0.6) is 0 Å². The summed E-state index contributed by atoms with van der Waals surface area (Å²) in [4.78, 5) is 21.2. The SMILES string of the molecule is N#Cc1ccc(NC(=O)CCN2CCCN(c3nccs3)CC2)cc1. The maximum absolute atomic E-state index is 12.1. The third-order valence-electron chi connectivity index (χ3n) is 4.23. The molecule has 6 nitrogen and oxygen atoms in total. The standard InChI is InChI=1S/C18H21N5OS/c19-14-15-2-4-16(5-3-15)21-17(24)6-10-22-8-1-9-23(12-11-22)18-20-7-13-25-18/h2-5,7,13H,1,6,8-12H2,(H,21,24). The van der Waals surface area contributed by atoms with Gasteiger partial charge in [-0.25, -0.2) is 4.98 Å². The molecule has 0 unspecified atom stereocenters. The van der Waals surface area contributed by atoms with Crippen molar-refractivity contribution < 1.29 is 4.79 Å². The minimum absolute atomic E-state index is 0.00531. The van der Waals surface area contributed by atoms with E-state index < -0.39 is 0 Å². The molecule has 3 rings (SSSR count). The second-order valence-electron chi connectivity index (χ2n) is 5.98. The summed E-state index contributed by atoms with van der Waals surface area (Å²) >= 11 is 1.67. The minimum atomic E-state index is 0.00531. The smallest absolute Gasteiger partial charge is 0.225 e. The van der Waals surface area contributed by atoms with Crippen molar-refractivity contribution in [2.45, 2.75) is 12.8 Å². The monoisotopic (exact) mass is 355 g/mol. The molecule has 1 aromatic carbocycles. The highest BCUT2D eigenvalue weighted by Gasteiger charge is 2.17. The number of benzene rings is 1. The molecule has 7 heteroatoms. The van der Waals surface area contributed by atoms with Crippen LogP contribution in [0.3, 0.4) is 0 Å². The summed E-state index contributed by atoms with van der Waals surface area (Å²) in [6.45, 7) is 4.68. The summed E-state index contributed by atoms with van der Waals surface area (Å²) in [5.74, 6) is 0.00531. The van der Waals surface area contributed by atoms with Gasteiger partial charge in [-0.1, -0.05) is 0 Å². The molecule has 1 aromatic heterocycles. The van der Waals surface area contributed by atoms with E-state index in [1.807, 2.05) is 11.6 Å². The lowest BCUT2D eigenvalue weighted by Gasteiger charge is -2.21. The van der Waals surface area contributed by atoms with Crippen molar-refractivity contribution in [3.63, 3.8) is 0 Å². The summed E-state index contributed by atoms with van der Waals surface area (Å²) in [6.07, 6.45) is 3.39. The highest BCUT2D eigenvalue weighted by Crippen LogP contribution is 2.19. The zero-order valence-electron chi connectivity index (χ0n) is 14.0. The molecule has 2 aromatic rings. The van der Waals surface area contributed by atoms with Crippen molar-refractivity contribution in [2.75, 3.05) is 42.9 Å². The maximum atomic E-state index is 12.1. The molecule has 1 aliphatic heterocycles. The Morgan fingerprint density at radius 1 is 1.24 bits per heavy atom. The van der Waals surface area contributed by atoms with Crippen LogP contribution in [0, 0.1) is 11.3 Å². The number of hydrogen-bond acceptors (Lipinski definition) is 6. The topological polar surface area (TPSA) is 72.3 Å². The molecule has 1 saturated heterocycles. The van der Waals surface area contributed by atoms with E-state index in [1.54, 1.807) is 35.6 Å². The van der Waals surface area contributed by atoms with Gasteiger partial charge in [-0.05, 0) is 37.2 Å². The predicted molar refractivity (Wildman–Crippen MR) is 99.8 cm³/mol. The largest absolute Gasteiger partial charge is 0.347 e. The number of rotatable bonds is 5. The molecule has 1 N–H and O–H groups in total. The third-order valence-corrected chi connectivity index (χ3v) is 5.06. The summed E-state index contributed by atoms with van der Waals surface area (Å²) in [5.41, 5.74) is 1.32. The number of nitrogens with zero attached hydrogens (tertiary/aromatic N) is 4. The molecule has 0 atom stereocenters. The second kappa shape index (κ2) is 8.60. The molecule has 25 heavy (non-hydrogen) atoms. The van der Waals surface area contributed by atoms with Crippen LogP contribution in [0.25, 0.3) is 0 Å². The summed E-state index contributed by atoms with van der Waals surface area (Å²) in [6, 6.07) is 9.00. The highest BCUT2D eigenvalue weighted by molar-refractivity contribution is 7.13. The molecule has 1 fully saturated rings. The number of anilines is 2. The first-order chi connectivity index (χ1) is 12.2. The van der Waals surface area contributed by atoms with Crippen LogP contribution in [0.2, 0.25) is 0 Å². The third kappa shape index (κ3) is 5.02. The van der Waals surface area contributed by atoms with Crippen molar-refractivity contribution in [1.29, 1.82) is 5.26 Å². The number of carbonyl (C=O) groups excluding carboxylic acids is 1. The fourth-order valence-corrected chi connectivity index (χ4v) is 3.57. The van der Waals surface area contributed by atoms with Crippen LogP contribution in [0.4, 0.5) is 10.8 Å². The minimum Gasteiger partial charge on any atom is -0.347 e. The molecular formula is C18H21N5OS. The predicted octanol–water partition coefficient (Wildman–Crippen LogP) is 2.56. The van der Waals surface area contributed by atoms with E-state index in [1.165, 1.54) is 0 Å². The van der Waals surface area contributed by atoms with Crippen molar-refractivity contribution in [2.24, 2.45) is 0 Å². The van der Waals surface area contributed by atoms with Gasteiger partial charge in [0.05, 0.1) is 11.6 Å². The zero-order valence-corrected chi connectivity index (χ0v) is 14.8. The van der Waals surface area contributed by atoms with Gasteiger partial charge in [0, 0.05) is 49.9 Å². The molecule has 0 aliphatic carbocycles. The summed E-state index contributed by atoms with van der Waals surface area (Å²) in [7, 11) is 0. The maximum Gasteiger partial charge on any atom is 0.225 e. The number of nitriles is 1. The van der Waals surface area contributed by atoms with Crippen LogP contribution in [-0.2, 0) is 4.79 Å². The van der Waals surface area contributed by atoms with E-state index in [9.17, 15) is 4.79 Å². The fourth-order valence-electron chi connectivity index (χ4n) is 2.87. The van der Waals surface area contributed by atoms with E-state index in [0.29, 0.717) is 12.0 Å². The van der Waals surface area contributed by atoms with Crippen LogP contribution in [-0.4, -0.2) is 48.5 Å². The Balaban J connectivity index is 1.43. The van der Waals surface area contributed by atoms with E-state index >= 15 is 0 Å².